The molecular formula is C19H14Br2N2O2. The molecule has 3 aromatic rings. The van der Waals surface area contributed by atoms with Crippen LogP contribution in [-0.2, 0) is 4.79 Å². The van der Waals surface area contributed by atoms with Crippen molar-refractivity contribution in [3.05, 3.63) is 87.4 Å². The topological polar surface area (TPSA) is 51.2 Å². The molecule has 0 spiro atoms. The van der Waals surface area contributed by atoms with Gasteiger partial charge in [-0.25, -0.2) is 4.98 Å². The number of carbonyl (C=O) groups excluding carboxylic acids is 1. The van der Waals surface area contributed by atoms with E-state index in [1.54, 1.807) is 18.3 Å². The molecule has 3 rings (SSSR count). The quantitative estimate of drug-likeness (QED) is 0.556. The summed E-state index contributed by atoms with van der Waals surface area (Å²) in [6.07, 6.45) is 0.830. The van der Waals surface area contributed by atoms with Crippen molar-refractivity contribution in [2.24, 2.45) is 0 Å². The third kappa shape index (κ3) is 4.90. The first-order chi connectivity index (χ1) is 12.1. The SMILES string of the molecule is O=C(Nc1ccccn1)C(Oc1ccc(Br)cc1)c1ccc(Br)cc1. The molecule has 0 saturated carbocycles. The maximum absolute atomic E-state index is 12.8. The third-order valence-corrected chi connectivity index (χ3v) is 4.45. The van der Waals surface area contributed by atoms with Crippen LogP contribution >= 0.6 is 31.9 Å². The van der Waals surface area contributed by atoms with Gasteiger partial charge < -0.3 is 10.1 Å². The van der Waals surface area contributed by atoms with E-state index in [9.17, 15) is 4.79 Å². The van der Waals surface area contributed by atoms with Crippen LogP contribution in [0.2, 0.25) is 0 Å². The lowest BCUT2D eigenvalue weighted by molar-refractivity contribution is -0.123. The van der Waals surface area contributed by atoms with Gasteiger partial charge in [0, 0.05) is 20.7 Å². The van der Waals surface area contributed by atoms with Gasteiger partial charge in [-0.15, -0.1) is 0 Å². The Morgan fingerprint density at radius 3 is 2.16 bits per heavy atom. The molecule has 0 aliphatic carbocycles. The summed E-state index contributed by atoms with van der Waals surface area (Å²) in [7, 11) is 0. The highest BCUT2D eigenvalue weighted by Crippen LogP contribution is 2.26. The normalized spacial score (nSPS) is 11.6. The number of hydrogen-bond donors (Lipinski definition) is 1. The number of hydrogen-bond acceptors (Lipinski definition) is 3. The van der Waals surface area contributed by atoms with Crippen molar-refractivity contribution in [2.45, 2.75) is 6.10 Å². The Bertz CT molecular complexity index is 838. The lowest BCUT2D eigenvalue weighted by atomic mass is 10.1. The Morgan fingerprint density at radius 1 is 0.920 bits per heavy atom. The van der Waals surface area contributed by atoms with Gasteiger partial charge in [-0.05, 0) is 48.5 Å². The lowest BCUT2D eigenvalue weighted by Gasteiger charge is -2.19. The van der Waals surface area contributed by atoms with E-state index in [-0.39, 0.29) is 5.91 Å². The molecule has 126 valence electrons. The number of amides is 1. The number of carbonyl (C=O) groups is 1. The molecule has 0 saturated heterocycles. The van der Waals surface area contributed by atoms with Gasteiger partial charge in [-0.2, -0.15) is 0 Å². The zero-order valence-corrected chi connectivity index (χ0v) is 16.2. The van der Waals surface area contributed by atoms with Crippen LogP contribution in [0.15, 0.2) is 81.9 Å². The summed E-state index contributed by atoms with van der Waals surface area (Å²) < 4.78 is 7.83. The van der Waals surface area contributed by atoms with Crippen molar-refractivity contribution in [3.8, 4) is 5.75 Å². The molecule has 1 aromatic heterocycles. The number of pyridine rings is 1. The Kier molecular flexibility index (Phi) is 5.83. The van der Waals surface area contributed by atoms with Crippen molar-refractivity contribution in [2.75, 3.05) is 5.32 Å². The Labute approximate surface area is 162 Å². The number of rotatable bonds is 5. The first-order valence-corrected chi connectivity index (χ1v) is 9.10. The van der Waals surface area contributed by atoms with E-state index in [2.05, 4.69) is 42.2 Å². The zero-order chi connectivity index (χ0) is 17.6. The summed E-state index contributed by atoms with van der Waals surface area (Å²) in [6.45, 7) is 0. The van der Waals surface area contributed by atoms with E-state index in [0.29, 0.717) is 11.6 Å². The van der Waals surface area contributed by atoms with Crippen LogP contribution in [-0.4, -0.2) is 10.9 Å². The van der Waals surface area contributed by atoms with Crippen molar-refractivity contribution in [1.29, 1.82) is 0 Å². The summed E-state index contributed by atoms with van der Waals surface area (Å²) in [4.78, 5) is 16.9. The first-order valence-electron chi connectivity index (χ1n) is 7.51. The second-order valence-electron chi connectivity index (χ2n) is 5.21. The number of ether oxygens (including phenoxy) is 1. The van der Waals surface area contributed by atoms with Crippen LogP contribution in [0.3, 0.4) is 0 Å². The largest absolute Gasteiger partial charge is 0.476 e. The lowest BCUT2D eigenvalue weighted by Crippen LogP contribution is -2.26. The molecule has 1 atom stereocenters. The molecule has 4 nitrogen and oxygen atoms in total. The average molecular weight is 462 g/mol. The summed E-state index contributed by atoms with van der Waals surface area (Å²) >= 11 is 6.79. The third-order valence-electron chi connectivity index (χ3n) is 3.39. The fourth-order valence-electron chi connectivity index (χ4n) is 2.19. The maximum atomic E-state index is 12.8. The molecule has 1 N–H and O–H groups in total. The summed E-state index contributed by atoms with van der Waals surface area (Å²) in [5.74, 6) is 0.797. The van der Waals surface area contributed by atoms with Crippen molar-refractivity contribution >= 4 is 43.6 Å². The number of anilines is 1. The van der Waals surface area contributed by atoms with Crippen LogP contribution in [0.5, 0.6) is 5.75 Å². The second kappa shape index (κ2) is 8.27. The highest BCUT2D eigenvalue weighted by atomic mass is 79.9. The number of nitrogens with zero attached hydrogens (tertiary/aromatic N) is 1. The molecule has 0 aliphatic heterocycles. The minimum Gasteiger partial charge on any atom is -0.476 e. The van der Waals surface area contributed by atoms with Crippen LogP contribution < -0.4 is 10.1 Å². The number of benzene rings is 2. The Balaban J connectivity index is 1.86. The fraction of sp³-hybridized carbons (Fsp3) is 0.0526. The monoisotopic (exact) mass is 460 g/mol. The van der Waals surface area contributed by atoms with E-state index in [0.717, 1.165) is 14.5 Å². The van der Waals surface area contributed by atoms with Crippen LogP contribution in [0, 0.1) is 0 Å². The van der Waals surface area contributed by atoms with Gasteiger partial charge >= 0.3 is 0 Å². The first kappa shape index (κ1) is 17.6. The van der Waals surface area contributed by atoms with Gasteiger partial charge in [0.05, 0.1) is 0 Å². The standard InChI is InChI=1S/C19H14Br2N2O2/c20-14-6-4-13(5-7-14)18(25-16-10-8-15(21)9-11-16)19(24)23-17-3-1-2-12-22-17/h1-12,18H,(H,22,23,24). The van der Waals surface area contributed by atoms with E-state index < -0.39 is 6.10 Å². The minimum atomic E-state index is -0.795. The molecule has 1 amide bonds. The Hall–Kier alpha value is -2.18. The van der Waals surface area contributed by atoms with Gasteiger partial charge in [-0.3, -0.25) is 4.79 Å². The maximum Gasteiger partial charge on any atom is 0.271 e. The van der Waals surface area contributed by atoms with Crippen LogP contribution in [0.25, 0.3) is 0 Å². The molecular weight excluding hydrogens is 448 g/mol. The van der Waals surface area contributed by atoms with Gasteiger partial charge in [0.15, 0.2) is 0 Å². The van der Waals surface area contributed by atoms with Gasteiger partial charge in [0.2, 0.25) is 6.10 Å². The minimum absolute atomic E-state index is 0.288. The smallest absolute Gasteiger partial charge is 0.271 e. The van der Waals surface area contributed by atoms with E-state index in [4.69, 9.17) is 4.74 Å². The molecule has 6 heteroatoms. The van der Waals surface area contributed by atoms with Gasteiger partial charge in [0.25, 0.3) is 5.91 Å². The van der Waals surface area contributed by atoms with E-state index in [1.165, 1.54) is 0 Å². The molecule has 0 aliphatic rings. The second-order valence-corrected chi connectivity index (χ2v) is 7.04. The molecule has 0 radical (unpaired) electrons. The van der Waals surface area contributed by atoms with E-state index in [1.807, 2.05) is 54.6 Å². The summed E-state index contributed by atoms with van der Waals surface area (Å²) in [5.41, 5.74) is 0.750. The zero-order valence-electron chi connectivity index (χ0n) is 13.0. The number of aromatic nitrogens is 1. The molecule has 25 heavy (non-hydrogen) atoms. The summed E-state index contributed by atoms with van der Waals surface area (Å²) in [5, 5.41) is 2.79. The number of halogens is 2. The van der Waals surface area contributed by atoms with Gasteiger partial charge in [0.1, 0.15) is 11.6 Å². The van der Waals surface area contributed by atoms with Crippen molar-refractivity contribution < 1.29 is 9.53 Å². The number of nitrogens with one attached hydrogen (secondary N) is 1. The van der Waals surface area contributed by atoms with Crippen molar-refractivity contribution in [3.63, 3.8) is 0 Å². The predicted octanol–water partition coefficient (Wildman–Crippen LogP) is 5.37. The molecule has 1 unspecified atom stereocenters. The van der Waals surface area contributed by atoms with Crippen molar-refractivity contribution in [1.82, 2.24) is 4.98 Å². The molecule has 2 aromatic carbocycles. The Morgan fingerprint density at radius 2 is 1.56 bits per heavy atom. The van der Waals surface area contributed by atoms with Crippen LogP contribution in [0.4, 0.5) is 5.82 Å². The van der Waals surface area contributed by atoms with Crippen LogP contribution in [0.1, 0.15) is 11.7 Å². The highest BCUT2D eigenvalue weighted by molar-refractivity contribution is 9.10. The van der Waals surface area contributed by atoms with E-state index >= 15 is 0 Å². The predicted molar refractivity (Wildman–Crippen MR) is 105 cm³/mol. The average Bonchev–Trinajstić information content (AvgIpc) is 2.63. The molecule has 1 heterocycles. The molecule has 0 bridgehead atoms. The van der Waals surface area contributed by atoms with Gasteiger partial charge in [-0.1, -0.05) is 50.1 Å². The summed E-state index contributed by atoms with van der Waals surface area (Å²) in [6, 6.07) is 20.1. The molecule has 0 fully saturated rings. The highest BCUT2D eigenvalue weighted by Gasteiger charge is 2.23. The fourth-order valence-corrected chi connectivity index (χ4v) is 2.72.